The van der Waals surface area contributed by atoms with Crippen LogP contribution in [0.5, 0.6) is 0 Å². The monoisotopic (exact) mass is 508 g/mol. The summed E-state index contributed by atoms with van der Waals surface area (Å²) in [6.45, 7) is 9.09. The third kappa shape index (κ3) is 3.76. The van der Waals surface area contributed by atoms with E-state index in [9.17, 15) is 0 Å². The molecule has 2 aromatic carbocycles. The summed E-state index contributed by atoms with van der Waals surface area (Å²) in [6, 6.07) is 19.1. The minimum absolute atomic E-state index is 0.369. The molecule has 2 atom stereocenters. The summed E-state index contributed by atoms with van der Waals surface area (Å²) in [5.41, 5.74) is 1.76. The summed E-state index contributed by atoms with van der Waals surface area (Å²) in [4.78, 5) is 3.56. The van der Waals surface area contributed by atoms with Crippen LogP contribution in [0.2, 0.25) is 5.02 Å². The van der Waals surface area contributed by atoms with Crippen LogP contribution in [0, 0.1) is 15.6 Å². The largest absolute Gasteiger partial charge is 0.281 e. The summed E-state index contributed by atoms with van der Waals surface area (Å²) in [5, 5.41) is 6.92. The van der Waals surface area contributed by atoms with Crippen molar-refractivity contribution >= 4 is 45.2 Å². The lowest BCUT2D eigenvalue weighted by Crippen LogP contribution is -2.35. The van der Waals surface area contributed by atoms with E-state index in [0.29, 0.717) is 28.3 Å². The second-order valence-corrected chi connectivity index (χ2v) is 12.9. The average molecular weight is 509 g/mol. The molecule has 176 valence electrons. The minimum atomic E-state index is 0.369. The Morgan fingerprint density at radius 2 is 1.79 bits per heavy atom. The van der Waals surface area contributed by atoms with E-state index in [1.165, 1.54) is 19.3 Å². The van der Waals surface area contributed by atoms with Gasteiger partial charge >= 0.3 is 0 Å². The number of likely N-dealkylation sites (tertiary alicyclic amines) is 1. The Hall–Kier alpha value is -1.99. The quantitative estimate of drug-likeness (QED) is 0.263. The van der Waals surface area contributed by atoms with Crippen LogP contribution < -0.4 is 0 Å². The third-order valence-electron chi connectivity index (χ3n) is 7.43. The van der Waals surface area contributed by atoms with Gasteiger partial charge in [0.05, 0.1) is 22.3 Å². The molecule has 34 heavy (non-hydrogen) atoms. The number of para-hydroxylation sites is 1. The molecule has 4 aromatic rings. The average Bonchev–Trinajstić information content (AvgIpc) is 3.37. The topological polar surface area (TPSA) is 26.0 Å². The third-order valence-corrected chi connectivity index (χ3v) is 9.50. The van der Waals surface area contributed by atoms with Crippen molar-refractivity contribution in [3.63, 3.8) is 0 Å². The number of thiophene rings is 1. The standard InChI is InChI=1S/C27H29ClN4S2/c1-26(2)13-19-14-27(3,15-26)16-30(19)17-31-25(33)32(18-9-5-4-6-10-18)24(29-31)23-22(28)20-11-7-8-12-21(20)34-23/h4-12,19H,13-17H2,1-3H3/t19-,27-/m1/s1. The van der Waals surface area contributed by atoms with Crippen LogP contribution in [-0.4, -0.2) is 31.8 Å². The molecule has 0 N–H and O–H groups in total. The lowest BCUT2D eigenvalue weighted by atomic mass is 9.65. The summed E-state index contributed by atoms with van der Waals surface area (Å²) < 4.78 is 5.96. The van der Waals surface area contributed by atoms with E-state index in [1.54, 1.807) is 11.3 Å². The summed E-state index contributed by atoms with van der Waals surface area (Å²) in [5.74, 6) is 0.816. The van der Waals surface area contributed by atoms with Gasteiger partial charge < -0.3 is 0 Å². The highest BCUT2D eigenvalue weighted by Crippen LogP contribution is 2.52. The molecule has 2 fully saturated rings. The van der Waals surface area contributed by atoms with Crippen molar-refractivity contribution in [2.24, 2.45) is 10.8 Å². The maximum absolute atomic E-state index is 6.91. The zero-order chi connectivity index (χ0) is 23.7. The van der Waals surface area contributed by atoms with Gasteiger partial charge in [-0.3, -0.25) is 9.47 Å². The number of benzene rings is 2. The van der Waals surface area contributed by atoms with E-state index in [4.69, 9.17) is 28.9 Å². The first kappa shape index (κ1) is 22.5. The first-order chi connectivity index (χ1) is 16.2. The molecule has 2 aromatic heterocycles. The van der Waals surface area contributed by atoms with E-state index in [2.05, 4.69) is 60.6 Å². The van der Waals surface area contributed by atoms with Crippen molar-refractivity contribution in [2.45, 2.75) is 52.7 Å². The fraction of sp³-hybridized carbons (Fsp3) is 0.407. The van der Waals surface area contributed by atoms with Crippen molar-refractivity contribution in [3.05, 3.63) is 64.4 Å². The van der Waals surface area contributed by atoms with Crippen molar-refractivity contribution in [3.8, 4) is 16.4 Å². The summed E-state index contributed by atoms with van der Waals surface area (Å²) in [6.07, 6.45) is 3.77. The highest BCUT2D eigenvalue weighted by molar-refractivity contribution is 7.71. The normalized spacial score (nSPS) is 24.2. The van der Waals surface area contributed by atoms with Crippen LogP contribution in [0.25, 0.3) is 26.5 Å². The molecule has 1 aliphatic carbocycles. The Kier molecular flexibility index (Phi) is 5.30. The number of nitrogens with zero attached hydrogens (tertiary/aromatic N) is 4. The molecule has 1 aliphatic heterocycles. The Morgan fingerprint density at radius 1 is 1.06 bits per heavy atom. The molecule has 1 saturated carbocycles. The maximum atomic E-state index is 6.91. The summed E-state index contributed by atoms with van der Waals surface area (Å²) in [7, 11) is 0. The molecule has 2 aliphatic rings. The van der Waals surface area contributed by atoms with Crippen LogP contribution in [0.1, 0.15) is 40.0 Å². The summed E-state index contributed by atoms with van der Waals surface area (Å²) >= 11 is 14.6. The van der Waals surface area contributed by atoms with Gasteiger partial charge in [-0.05, 0) is 60.5 Å². The molecular formula is C27H29ClN4S2. The molecule has 3 heterocycles. The van der Waals surface area contributed by atoms with Gasteiger partial charge in [0.15, 0.2) is 5.82 Å². The smallest absolute Gasteiger partial charge is 0.204 e. The lowest BCUT2D eigenvalue weighted by Gasteiger charge is -2.39. The van der Waals surface area contributed by atoms with Crippen molar-refractivity contribution < 1.29 is 0 Å². The number of rotatable bonds is 4. The van der Waals surface area contributed by atoms with E-state index >= 15 is 0 Å². The minimum Gasteiger partial charge on any atom is -0.281 e. The SMILES string of the molecule is CC1(C)C[C@@H]2C[C@@](C)(CN2Cn2nc(-c3sc4ccccc4c3Cl)n(-c3ccccc3)c2=S)C1. The second-order valence-electron chi connectivity index (χ2n) is 11.1. The van der Waals surface area contributed by atoms with Gasteiger partial charge in [-0.25, -0.2) is 4.68 Å². The molecule has 1 saturated heterocycles. The highest BCUT2D eigenvalue weighted by atomic mass is 35.5. The number of hydrogen-bond donors (Lipinski definition) is 0. The maximum Gasteiger partial charge on any atom is 0.204 e. The van der Waals surface area contributed by atoms with Crippen molar-refractivity contribution in [1.82, 2.24) is 19.2 Å². The van der Waals surface area contributed by atoms with Gasteiger partial charge in [-0.15, -0.1) is 16.4 Å². The lowest BCUT2D eigenvalue weighted by molar-refractivity contribution is 0.119. The van der Waals surface area contributed by atoms with Gasteiger partial charge in [0.1, 0.15) is 0 Å². The Bertz CT molecular complexity index is 1430. The van der Waals surface area contributed by atoms with Gasteiger partial charge in [-0.2, -0.15) is 0 Å². The van der Waals surface area contributed by atoms with Crippen molar-refractivity contribution in [1.29, 1.82) is 0 Å². The molecular weight excluding hydrogens is 480 g/mol. The molecule has 0 unspecified atom stereocenters. The Labute approximate surface area is 214 Å². The fourth-order valence-electron chi connectivity index (χ4n) is 6.53. The zero-order valence-corrected chi connectivity index (χ0v) is 22.2. The van der Waals surface area contributed by atoms with Crippen LogP contribution in [0.4, 0.5) is 0 Å². The number of fused-ring (bicyclic) bond motifs is 3. The first-order valence-electron chi connectivity index (χ1n) is 11.9. The Balaban J connectivity index is 1.46. The van der Waals surface area contributed by atoms with Crippen LogP contribution in [0.15, 0.2) is 54.6 Å². The molecule has 0 radical (unpaired) electrons. The molecule has 6 rings (SSSR count). The number of halogens is 1. The molecule has 4 nitrogen and oxygen atoms in total. The number of aromatic nitrogens is 3. The van der Waals surface area contributed by atoms with E-state index in [1.807, 2.05) is 28.9 Å². The molecule has 2 bridgehead atoms. The molecule has 0 spiro atoms. The van der Waals surface area contributed by atoms with E-state index in [-0.39, 0.29) is 0 Å². The van der Waals surface area contributed by atoms with Crippen molar-refractivity contribution in [2.75, 3.05) is 6.54 Å². The predicted octanol–water partition coefficient (Wildman–Crippen LogP) is 7.80. The van der Waals surface area contributed by atoms with Gasteiger partial charge in [-0.1, -0.05) is 68.8 Å². The Morgan fingerprint density at radius 3 is 2.56 bits per heavy atom. The first-order valence-corrected chi connectivity index (χ1v) is 13.5. The van der Waals surface area contributed by atoms with Gasteiger partial charge in [0.25, 0.3) is 0 Å². The predicted molar refractivity (Wildman–Crippen MR) is 144 cm³/mol. The fourth-order valence-corrected chi connectivity index (χ4v) is 8.31. The molecule has 7 heteroatoms. The zero-order valence-electron chi connectivity index (χ0n) is 19.8. The molecule has 0 amide bonds. The highest BCUT2D eigenvalue weighted by Gasteiger charge is 2.49. The van der Waals surface area contributed by atoms with Crippen LogP contribution in [-0.2, 0) is 6.67 Å². The van der Waals surface area contributed by atoms with E-state index < -0.39 is 0 Å². The van der Waals surface area contributed by atoms with Crippen LogP contribution >= 0.6 is 35.2 Å². The second kappa shape index (κ2) is 8.02. The van der Waals surface area contributed by atoms with E-state index in [0.717, 1.165) is 38.0 Å². The number of hydrogen-bond acceptors (Lipinski definition) is 4. The van der Waals surface area contributed by atoms with Crippen LogP contribution in [0.3, 0.4) is 0 Å². The van der Waals surface area contributed by atoms with Gasteiger partial charge in [0, 0.05) is 22.7 Å². The van der Waals surface area contributed by atoms with Gasteiger partial charge in [0.2, 0.25) is 4.77 Å².